The Morgan fingerprint density at radius 2 is 1.80 bits per heavy atom. The summed E-state index contributed by atoms with van der Waals surface area (Å²) < 4.78 is 44.0. The Bertz CT molecular complexity index is 633. The van der Waals surface area contributed by atoms with E-state index in [-0.39, 0.29) is 28.9 Å². The van der Waals surface area contributed by atoms with Gasteiger partial charge in [0.15, 0.2) is 5.11 Å². The molecule has 1 aromatic carbocycles. The normalized spacial score (nSPS) is 11.6. The van der Waals surface area contributed by atoms with Gasteiger partial charge in [-0.1, -0.05) is 11.6 Å². The van der Waals surface area contributed by atoms with Gasteiger partial charge in [-0.2, -0.15) is 13.2 Å². The van der Waals surface area contributed by atoms with E-state index in [1.54, 1.807) is 20.8 Å². The van der Waals surface area contributed by atoms with Gasteiger partial charge in [-0.3, -0.25) is 0 Å². The van der Waals surface area contributed by atoms with Crippen molar-refractivity contribution in [3.8, 4) is 0 Å². The number of hydrogen-bond acceptors (Lipinski definition) is 3. The fourth-order valence-corrected chi connectivity index (χ4v) is 2.07. The first-order chi connectivity index (χ1) is 11.4. The highest BCUT2D eigenvalue weighted by Gasteiger charge is 2.34. The number of ether oxygens (including phenoxy) is 1. The molecule has 0 saturated heterocycles. The van der Waals surface area contributed by atoms with E-state index in [9.17, 15) is 18.0 Å². The summed E-state index contributed by atoms with van der Waals surface area (Å²) in [6.07, 6.45) is -5.16. The molecule has 0 aliphatic rings. The van der Waals surface area contributed by atoms with E-state index in [1.165, 1.54) is 12.1 Å². The SMILES string of the molecule is CC(C)(C)OC(=O)NCCNC(=S)Nc1ccc(Cl)cc1C(F)(F)F. The number of alkyl carbamates (subject to hydrolysis) is 1. The number of hydrogen-bond donors (Lipinski definition) is 3. The highest BCUT2D eigenvalue weighted by molar-refractivity contribution is 7.80. The molecule has 0 unspecified atom stereocenters. The van der Waals surface area contributed by atoms with Crippen LogP contribution in [-0.4, -0.2) is 29.9 Å². The van der Waals surface area contributed by atoms with Gasteiger partial charge in [0, 0.05) is 18.1 Å². The molecule has 1 aromatic rings. The minimum absolute atomic E-state index is 0.0150. The van der Waals surface area contributed by atoms with Crippen molar-refractivity contribution < 1.29 is 22.7 Å². The summed E-state index contributed by atoms with van der Waals surface area (Å²) in [4.78, 5) is 11.4. The van der Waals surface area contributed by atoms with Crippen molar-refractivity contribution >= 4 is 40.7 Å². The zero-order chi connectivity index (χ0) is 19.3. The zero-order valence-corrected chi connectivity index (χ0v) is 15.5. The molecule has 0 bridgehead atoms. The Morgan fingerprint density at radius 1 is 1.20 bits per heavy atom. The van der Waals surface area contributed by atoms with Crippen LogP contribution in [0.3, 0.4) is 0 Å². The minimum Gasteiger partial charge on any atom is -0.444 e. The van der Waals surface area contributed by atoms with Crippen LogP contribution in [0.25, 0.3) is 0 Å². The first-order valence-corrected chi connectivity index (χ1v) is 8.05. The van der Waals surface area contributed by atoms with E-state index in [0.29, 0.717) is 0 Å². The minimum atomic E-state index is -4.57. The summed E-state index contributed by atoms with van der Waals surface area (Å²) in [5.74, 6) is 0. The molecule has 1 amide bonds. The molecule has 5 nitrogen and oxygen atoms in total. The summed E-state index contributed by atoms with van der Waals surface area (Å²) in [6.45, 7) is 5.58. The molecule has 0 heterocycles. The van der Waals surface area contributed by atoms with Crippen molar-refractivity contribution in [2.75, 3.05) is 18.4 Å². The van der Waals surface area contributed by atoms with Gasteiger partial charge in [0.25, 0.3) is 0 Å². The summed E-state index contributed by atoms with van der Waals surface area (Å²) in [6, 6.07) is 3.33. The first-order valence-electron chi connectivity index (χ1n) is 7.27. The van der Waals surface area contributed by atoms with Crippen molar-refractivity contribution in [1.29, 1.82) is 0 Å². The van der Waals surface area contributed by atoms with E-state index in [2.05, 4.69) is 16.0 Å². The lowest BCUT2D eigenvalue weighted by molar-refractivity contribution is -0.136. The van der Waals surface area contributed by atoms with Gasteiger partial charge in [0.1, 0.15) is 5.60 Å². The van der Waals surface area contributed by atoms with Gasteiger partial charge in [0.05, 0.1) is 11.3 Å². The average molecular weight is 398 g/mol. The second-order valence-electron chi connectivity index (χ2n) is 6.00. The van der Waals surface area contributed by atoms with E-state index in [1.807, 2.05) is 0 Å². The maximum atomic E-state index is 13.0. The van der Waals surface area contributed by atoms with Crippen LogP contribution < -0.4 is 16.0 Å². The van der Waals surface area contributed by atoms with Crippen LogP contribution in [-0.2, 0) is 10.9 Å². The van der Waals surface area contributed by atoms with Crippen LogP contribution in [0, 0.1) is 0 Å². The second-order valence-corrected chi connectivity index (χ2v) is 6.84. The molecule has 0 spiro atoms. The van der Waals surface area contributed by atoms with Gasteiger partial charge in [-0.05, 0) is 51.2 Å². The monoisotopic (exact) mass is 397 g/mol. The lowest BCUT2D eigenvalue weighted by atomic mass is 10.1. The molecule has 0 radical (unpaired) electrons. The third-order valence-corrected chi connectivity index (χ3v) is 3.10. The second kappa shape index (κ2) is 8.57. The smallest absolute Gasteiger partial charge is 0.418 e. The fraction of sp³-hybridized carbons (Fsp3) is 0.467. The molecule has 3 N–H and O–H groups in total. The number of amides is 1. The number of carbonyl (C=O) groups excluding carboxylic acids is 1. The van der Waals surface area contributed by atoms with Gasteiger partial charge < -0.3 is 20.7 Å². The molecule has 0 fully saturated rings. The Labute approximate surface area is 154 Å². The van der Waals surface area contributed by atoms with E-state index >= 15 is 0 Å². The molecule has 0 atom stereocenters. The van der Waals surface area contributed by atoms with Crippen LogP contribution in [0.4, 0.5) is 23.7 Å². The largest absolute Gasteiger partial charge is 0.444 e. The number of rotatable bonds is 4. The molecule has 140 valence electrons. The fourth-order valence-electron chi connectivity index (χ4n) is 1.68. The van der Waals surface area contributed by atoms with Gasteiger partial charge in [0.2, 0.25) is 0 Å². The van der Waals surface area contributed by atoms with Crippen molar-refractivity contribution in [1.82, 2.24) is 10.6 Å². The number of anilines is 1. The van der Waals surface area contributed by atoms with Crippen LogP contribution >= 0.6 is 23.8 Å². The topological polar surface area (TPSA) is 62.4 Å². The molecule has 10 heteroatoms. The van der Waals surface area contributed by atoms with Crippen LogP contribution in [0.15, 0.2) is 18.2 Å². The lowest BCUT2D eigenvalue weighted by Crippen LogP contribution is -2.39. The summed E-state index contributed by atoms with van der Waals surface area (Å²) in [5.41, 5.74) is -1.75. The zero-order valence-electron chi connectivity index (χ0n) is 13.9. The van der Waals surface area contributed by atoms with Gasteiger partial charge in [-0.15, -0.1) is 0 Å². The number of carbonyl (C=O) groups is 1. The van der Waals surface area contributed by atoms with Crippen LogP contribution in [0.1, 0.15) is 26.3 Å². The van der Waals surface area contributed by atoms with Gasteiger partial charge >= 0.3 is 12.3 Å². The quantitative estimate of drug-likeness (QED) is 0.525. The van der Waals surface area contributed by atoms with Crippen LogP contribution in [0.2, 0.25) is 5.02 Å². The lowest BCUT2D eigenvalue weighted by Gasteiger charge is -2.20. The molecule has 1 rings (SSSR count). The third-order valence-electron chi connectivity index (χ3n) is 2.61. The maximum Gasteiger partial charge on any atom is 0.418 e. The van der Waals surface area contributed by atoms with Crippen LogP contribution in [0.5, 0.6) is 0 Å². The predicted molar refractivity (Wildman–Crippen MR) is 94.9 cm³/mol. The molecule has 0 aliphatic heterocycles. The Kier molecular flexibility index (Phi) is 7.30. The Hall–Kier alpha value is -1.74. The summed E-state index contributed by atoms with van der Waals surface area (Å²) >= 11 is 10.6. The summed E-state index contributed by atoms with van der Waals surface area (Å²) in [5, 5.41) is 7.61. The van der Waals surface area contributed by atoms with Crippen molar-refractivity contribution in [3.63, 3.8) is 0 Å². The Balaban J connectivity index is 2.49. The van der Waals surface area contributed by atoms with E-state index < -0.39 is 23.4 Å². The van der Waals surface area contributed by atoms with E-state index in [0.717, 1.165) is 6.07 Å². The number of nitrogens with one attached hydrogen (secondary N) is 3. The number of thiocarbonyl (C=S) groups is 1. The molecule has 0 saturated carbocycles. The number of halogens is 4. The molecule has 25 heavy (non-hydrogen) atoms. The standard InChI is InChI=1S/C15H19ClF3N3O2S/c1-14(2,3)24-13(23)21-7-6-20-12(25)22-11-5-4-9(16)8-10(11)15(17,18)19/h4-5,8H,6-7H2,1-3H3,(H,21,23)(H2,20,22,25). The van der Waals surface area contributed by atoms with Gasteiger partial charge in [-0.25, -0.2) is 4.79 Å². The molecular weight excluding hydrogens is 379 g/mol. The predicted octanol–water partition coefficient (Wildman–Crippen LogP) is 4.17. The number of benzene rings is 1. The van der Waals surface area contributed by atoms with E-state index in [4.69, 9.17) is 28.6 Å². The first kappa shape index (κ1) is 21.3. The average Bonchev–Trinajstić information content (AvgIpc) is 2.42. The third kappa shape index (κ3) is 8.26. The van der Waals surface area contributed by atoms with Crippen molar-refractivity contribution in [3.05, 3.63) is 28.8 Å². The molecular formula is C15H19ClF3N3O2S. The maximum absolute atomic E-state index is 13.0. The Morgan fingerprint density at radius 3 is 2.36 bits per heavy atom. The molecule has 0 aromatic heterocycles. The number of alkyl halides is 3. The highest BCUT2D eigenvalue weighted by Crippen LogP contribution is 2.36. The van der Waals surface area contributed by atoms with Crippen molar-refractivity contribution in [2.24, 2.45) is 0 Å². The highest BCUT2D eigenvalue weighted by atomic mass is 35.5. The summed E-state index contributed by atoms with van der Waals surface area (Å²) in [7, 11) is 0. The molecule has 0 aliphatic carbocycles. The van der Waals surface area contributed by atoms with Crippen molar-refractivity contribution in [2.45, 2.75) is 32.5 Å².